The second-order valence-electron chi connectivity index (χ2n) is 7.21. The molecule has 1 aliphatic rings. The van der Waals surface area contributed by atoms with Crippen molar-refractivity contribution in [3.8, 4) is 0 Å². The van der Waals surface area contributed by atoms with Crippen LogP contribution in [-0.4, -0.2) is 66.6 Å². The van der Waals surface area contributed by atoms with E-state index in [1.807, 2.05) is 24.3 Å². The number of ether oxygens (including phenoxy) is 2. The van der Waals surface area contributed by atoms with Gasteiger partial charge in [-0.15, -0.1) is 0 Å². The number of carbonyl (C=O) groups is 2. The second-order valence-corrected chi connectivity index (χ2v) is 7.21. The maximum atomic E-state index is 12.9. The van der Waals surface area contributed by atoms with E-state index >= 15 is 0 Å². The van der Waals surface area contributed by atoms with Gasteiger partial charge in [-0.25, -0.2) is 4.98 Å². The van der Waals surface area contributed by atoms with Crippen LogP contribution in [0.15, 0.2) is 54.9 Å². The predicted octanol–water partition coefficient (Wildman–Crippen LogP) is 2.22. The molecule has 1 N–H and O–H groups in total. The van der Waals surface area contributed by atoms with Crippen LogP contribution in [0.4, 0.5) is 0 Å². The summed E-state index contributed by atoms with van der Waals surface area (Å²) in [5.74, 6) is -0.272. The van der Waals surface area contributed by atoms with E-state index in [9.17, 15) is 9.59 Å². The number of hydrogen-bond donors (Lipinski definition) is 1. The van der Waals surface area contributed by atoms with Crippen molar-refractivity contribution >= 4 is 22.7 Å². The first-order chi connectivity index (χ1) is 15.2. The van der Waals surface area contributed by atoms with Gasteiger partial charge in [0.05, 0.1) is 36.5 Å². The van der Waals surface area contributed by atoms with Crippen molar-refractivity contribution in [2.24, 2.45) is 0 Å². The summed E-state index contributed by atoms with van der Waals surface area (Å²) >= 11 is 0. The molecule has 3 aromatic rings. The summed E-state index contributed by atoms with van der Waals surface area (Å²) in [6.45, 7) is 2.09. The molecule has 0 aliphatic carbocycles. The summed E-state index contributed by atoms with van der Waals surface area (Å²) in [6.07, 6.45) is 2.78. The zero-order chi connectivity index (χ0) is 21.6. The van der Waals surface area contributed by atoms with E-state index < -0.39 is 6.10 Å². The fourth-order valence-electron chi connectivity index (χ4n) is 3.60. The summed E-state index contributed by atoms with van der Waals surface area (Å²) in [6, 6.07) is 12.7. The number of carbonyl (C=O) groups excluding carboxylic acids is 2. The Bertz CT molecular complexity index is 1070. The predicted molar refractivity (Wildman–Crippen MR) is 115 cm³/mol. The van der Waals surface area contributed by atoms with Crippen molar-refractivity contribution in [2.75, 3.05) is 40.0 Å². The first-order valence-corrected chi connectivity index (χ1v) is 10.1. The van der Waals surface area contributed by atoms with Crippen LogP contribution in [0.5, 0.6) is 0 Å². The van der Waals surface area contributed by atoms with Crippen molar-refractivity contribution in [1.29, 1.82) is 0 Å². The lowest BCUT2D eigenvalue weighted by molar-refractivity contribution is -0.0246. The lowest BCUT2D eigenvalue weighted by atomic mass is 10.0. The monoisotopic (exact) mass is 420 g/mol. The number of para-hydroxylation sites is 1. The number of fused-ring (bicyclic) bond motifs is 1. The van der Waals surface area contributed by atoms with Gasteiger partial charge in [0, 0.05) is 43.5 Å². The van der Waals surface area contributed by atoms with E-state index in [0.717, 1.165) is 5.39 Å². The third-order valence-corrected chi connectivity index (χ3v) is 5.18. The number of methoxy groups -OCH3 is 1. The molecule has 1 saturated heterocycles. The van der Waals surface area contributed by atoms with Crippen LogP contribution in [0.2, 0.25) is 0 Å². The highest BCUT2D eigenvalue weighted by Gasteiger charge is 2.28. The highest BCUT2D eigenvalue weighted by molar-refractivity contribution is 6.06. The Morgan fingerprint density at radius 3 is 2.84 bits per heavy atom. The van der Waals surface area contributed by atoms with E-state index in [2.05, 4.69) is 10.3 Å². The number of aromatic nitrogens is 2. The van der Waals surface area contributed by atoms with Gasteiger partial charge in [-0.05, 0) is 24.3 Å². The van der Waals surface area contributed by atoms with Crippen molar-refractivity contribution < 1.29 is 19.1 Å². The normalized spacial score (nSPS) is 16.3. The van der Waals surface area contributed by atoms with Crippen LogP contribution in [-0.2, 0) is 9.47 Å². The number of pyridine rings is 2. The minimum Gasteiger partial charge on any atom is -0.383 e. The Morgan fingerprint density at radius 1 is 1.23 bits per heavy atom. The van der Waals surface area contributed by atoms with Crippen LogP contribution >= 0.6 is 0 Å². The molecule has 31 heavy (non-hydrogen) atoms. The molecule has 0 spiro atoms. The zero-order valence-electron chi connectivity index (χ0n) is 17.3. The number of rotatable bonds is 6. The highest BCUT2D eigenvalue weighted by atomic mass is 16.5. The number of nitrogens with one attached hydrogen (secondary N) is 1. The standard InChI is InChI=1S/C23H24N4O4/c1-30-12-10-25-22(28)18-14-20(26-19-5-3-2-4-17(18)19)21-15-27(11-13-31-21)23(29)16-6-8-24-9-7-16/h2-9,14,21H,10-13,15H2,1H3,(H,25,28). The fourth-order valence-corrected chi connectivity index (χ4v) is 3.60. The molecule has 0 bridgehead atoms. The van der Waals surface area contributed by atoms with Gasteiger partial charge in [0.15, 0.2) is 0 Å². The molecule has 160 valence electrons. The summed E-state index contributed by atoms with van der Waals surface area (Å²) in [4.78, 5) is 36.1. The second kappa shape index (κ2) is 9.63. The van der Waals surface area contributed by atoms with Crippen molar-refractivity contribution in [3.63, 3.8) is 0 Å². The highest BCUT2D eigenvalue weighted by Crippen LogP contribution is 2.26. The van der Waals surface area contributed by atoms with Gasteiger partial charge < -0.3 is 19.7 Å². The summed E-state index contributed by atoms with van der Waals surface area (Å²) in [5, 5.41) is 3.63. The van der Waals surface area contributed by atoms with E-state index in [-0.39, 0.29) is 11.8 Å². The van der Waals surface area contributed by atoms with Crippen molar-refractivity contribution in [1.82, 2.24) is 20.2 Å². The Hall–Kier alpha value is -3.36. The van der Waals surface area contributed by atoms with Gasteiger partial charge in [-0.1, -0.05) is 18.2 Å². The molecule has 0 radical (unpaired) electrons. The minimum absolute atomic E-state index is 0.0750. The maximum absolute atomic E-state index is 12.9. The molecular weight excluding hydrogens is 396 g/mol. The number of morpholine rings is 1. The van der Waals surface area contributed by atoms with Gasteiger partial charge in [0.1, 0.15) is 6.10 Å². The molecule has 8 heteroatoms. The van der Waals surface area contributed by atoms with Crippen LogP contribution in [0, 0.1) is 0 Å². The van der Waals surface area contributed by atoms with Gasteiger partial charge in [-0.3, -0.25) is 14.6 Å². The van der Waals surface area contributed by atoms with Gasteiger partial charge in [-0.2, -0.15) is 0 Å². The zero-order valence-corrected chi connectivity index (χ0v) is 17.3. The fraction of sp³-hybridized carbons (Fsp3) is 0.304. The summed E-state index contributed by atoms with van der Waals surface area (Å²) in [7, 11) is 1.59. The molecule has 3 heterocycles. The molecule has 1 aliphatic heterocycles. The Balaban J connectivity index is 1.61. The Kier molecular flexibility index (Phi) is 6.49. The van der Waals surface area contributed by atoms with E-state index in [4.69, 9.17) is 14.5 Å². The molecule has 0 saturated carbocycles. The third-order valence-electron chi connectivity index (χ3n) is 5.18. The van der Waals surface area contributed by atoms with Gasteiger partial charge in [0.2, 0.25) is 0 Å². The van der Waals surface area contributed by atoms with E-state index in [0.29, 0.717) is 55.2 Å². The largest absolute Gasteiger partial charge is 0.383 e. The molecule has 1 unspecified atom stereocenters. The van der Waals surface area contributed by atoms with Crippen LogP contribution in [0.3, 0.4) is 0 Å². The smallest absolute Gasteiger partial charge is 0.254 e. The topological polar surface area (TPSA) is 93.7 Å². The van der Waals surface area contributed by atoms with Gasteiger partial charge >= 0.3 is 0 Å². The molecule has 2 amide bonds. The van der Waals surface area contributed by atoms with E-state index in [1.54, 1.807) is 42.6 Å². The SMILES string of the molecule is COCCNC(=O)c1cc(C2CN(C(=O)c3ccncc3)CCO2)nc2ccccc12. The molecule has 1 fully saturated rings. The van der Waals surface area contributed by atoms with Crippen LogP contribution in [0.25, 0.3) is 10.9 Å². The lowest BCUT2D eigenvalue weighted by Crippen LogP contribution is -2.42. The number of nitrogens with zero attached hydrogens (tertiary/aromatic N) is 3. The molecule has 2 aromatic heterocycles. The van der Waals surface area contributed by atoms with E-state index in [1.165, 1.54) is 0 Å². The molecule has 1 atom stereocenters. The van der Waals surface area contributed by atoms with Crippen LogP contribution in [0.1, 0.15) is 32.5 Å². The minimum atomic E-state index is -0.422. The number of amides is 2. The van der Waals surface area contributed by atoms with Gasteiger partial charge in [0.25, 0.3) is 11.8 Å². The Labute approximate surface area is 180 Å². The first-order valence-electron chi connectivity index (χ1n) is 10.1. The lowest BCUT2D eigenvalue weighted by Gasteiger charge is -2.33. The summed E-state index contributed by atoms with van der Waals surface area (Å²) in [5.41, 5.74) is 2.44. The maximum Gasteiger partial charge on any atom is 0.254 e. The molecule has 1 aromatic carbocycles. The third kappa shape index (κ3) is 4.70. The van der Waals surface area contributed by atoms with Crippen LogP contribution < -0.4 is 5.32 Å². The molecule has 8 nitrogen and oxygen atoms in total. The average molecular weight is 420 g/mol. The quantitative estimate of drug-likeness (QED) is 0.615. The van der Waals surface area contributed by atoms with Crippen molar-refractivity contribution in [3.05, 3.63) is 71.7 Å². The molecular formula is C23H24N4O4. The number of hydrogen-bond acceptors (Lipinski definition) is 6. The van der Waals surface area contributed by atoms with Crippen molar-refractivity contribution in [2.45, 2.75) is 6.10 Å². The summed E-state index contributed by atoms with van der Waals surface area (Å²) < 4.78 is 11.0. The average Bonchev–Trinajstić information content (AvgIpc) is 2.83. The number of benzene rings is 1. The first kappa shape index (κ1) is 20.9. The molecule has 4 rings (SSSR count). The Morgan fingerprint density at radius 2 is 2.03 bits per heavy atom.